The van der Waals surface area contributed by atoms with Crippen molar-refractivity contribution >= 4 is 39.2 Å². The van der Waals surface area contributed by atoms with Gasteiger partial charge in [0.2, 0.25) is 0 Å². The van der Waals surface area contributed by atoms with Gasteiger partial charge in [0.1, 0.15) is 5.75 Å². The minimum absolute atomic E-state index is 0.0891. The molecule has 0 amide bonds. The van der Waals surface area contributed by atoms with Crippen LogP contribution in [-0.4, -0.2) is 49.4 Å². The molecule has 1 fully saturated rings. The van der Waals surface area contributed by atoms with E-state index in [2.05, 4.69) is 4.74 Å². The van der Waals surface area contributed by atoms with Gasteiger partial charge in [0.25, 0.3) is 10.0 Å². The summed E-state index contributed by atoms with van der Waals surface area (Å²) in [7, 11) is -2.87. The molecule has 0 aromatic heterocycles. The lowest BCUT2D eigenvalue weighted by atomic mass is 10.2. The summed E-state index contributed by atoms with van der Waals surface area (Å²) in [6.45, 7) is 0.936. The van der Waals surface area contributed by atoms with E-state index < -0.39 is 16.0 Å². The minimum Gasteiger partial charge on any atom is -0.465 e. The van der Waals surface area contributed by atoms with Crippen molar-refractivity contribution in [2.45, 2.75) is 24.2 Å². The Hall–Kier alpha value is -1.88. The molecule has 1 saturated heterocycles. The van der Waals surface area contributed by atoms with Crippen LogP contribution in [0.4, 0.5) is 0 Å². The zero-order valence-corrected chi connectivity index (χ0v) is 18.4. The average Bonchev–Trinajstić information content (AvgIpc) is 2.75. The number of ether oxygens (including phenoxy) is 2. The topological polar surface area (TPSA) is 96.4 Å². The molecule has 0 aliphatic carbocycles. The van der Waals surface area contributed by atoms with Gasteiger partial charge in [-0.1, -0.05) is 29.6 Å². The van der Waals surface area contributed by atoms with Crippen molar-refractivity contribution in [3.05, 3.63) is 52.0 Å². The first kappa shape index (κ1) is 22.8. The normalized spacial score (nSPS) is 15.2. The monoisotopic (exact) mass is 474 g/mol. The van der Waals surface area contributed by atoms with E-state index in [9.17, 15) is 18.4 Å². The van der Waals surface area contributed by atoms with Crippen molar-refractivity contribution in [2.24, 2.45) is 0 Å². The first-order chi connectivity index (χ1) is 14.2. The van der Waals surface area contributed by atoms with Gasteiger partial charge in [-0.05, 0) is 53.8 Å². The fourth-order valence-corrected chi connectivity index (χ4v) is 4.69. The summed E-state index contributed by atoms with van der Waals surface area (Å²) in [6, 6.07) is 8.16. The maximum absolute atomic E-state index is 12.6. The van der Waals surface area contributed by atoms with Gasteiger partial charge in [0, 0.05) is 13.1 Å². The molecule has 1 N–H and O–H groups in total. The van der Waals surface area contributed by atoms with Crippen LogP contribution in [0.25, 0.3) is 0 Å². The lowest BCUT2D eigenvalue weighted by molar-refractivity contribution is -0.173. The molecule has 8 nitrogen and oxygen atoms in total. The largest absolute Gasteiger partial charge is 0.465 e. The predicted octanol–water partition coefficient (Wildman–Crippen LogP) is 4.35. The van der Waals surface area contributed by atoms with Gasteiger partial charge in [-0.2, -0.15) is 0 Å². The van der Waals surface area contributed by atoms with Crippen LogP contribution in [0.5, 0.6) is 11.5 Å². The SMILES string of the molecule is COC(=O)c1cc(Cl)c(Oc2ccc(S(=O)(=O)N(O)N3CCCCC3)cc2)c(Cl)c1. The molecule has 3 rings (SSSR count). The number of rotatable bonds is 6. The van der Waals surface area contributed by atoms with Gasteiger partial charge in [-0.15, -0.1) is 0 Å². The molecule has 0 bridgehead atoms. The number of carbonyl (C=O) groups is 1. The number of hydrogen-bond donors (Lipinski definition) is 1. The summed E-state index contributed by atoms with van der Waals surface area (Å²) in [6.07, 6.45) is 2.63. The lowest BCUT2D eigenvalue weighted by Gasteiger charge is -2.31. The van der Waals surface area contributed by atoms with E-state index in [1.165, 1.54) is 48.5 Å². The molecule has 11 heteroatoms. The van der Waals surface area contributed by atoms with Crippen molar-refractivity contribution in [3.63, 3.8) is 0 Å². The smallest absolute Gasteiger partial charge is 0.337 e. The van der Waals surface area contributed by atoms with E-state index in [4.69, 9.17) is 27.9 Å². The van der Waals surface area contributed by atoms with Crippen LogP contribution in [-0.2, 0) is 14.8 Å². The molecule has 1 aliphatic rings. The Morgan fingerprint density at radius 2 is 1.63 bits per heavy atom. The highest BCUT2D eigenvalue weighted by Crippen LogP contribution is 2.38. The molecule has 0 atom stereocenters. The van der Waals surface area contributed by atoms with E-state index >= 15 is 0 Å². The third-order valence-electron chi connectivity index (χ3n) is 4.55. The van der Waals surface area contributed by atoms with Crippen LogP contribution in [0, 0.1) is 0 Å². The average molecular weight is 475 g/mol. The van der Waals surface area contributed by atoms with Crippen molar-refractivity contribution in [3.8, 4) is 11.5 Å². The minimum atomic E-state index is -4.11. The summed E-state index contributed by atoms with van der Waals surface area (Å²) >= 11 is 12.3. The maximum atomic E-state index is 12.6. The summed E-state index contributed by atoms with van der Waals surface area (Å²) in [5.74, 6) is -0.216. The Bertz CT molecular complexity index is 1000. The van der Waals surface area contributed by atoms with Crippen LogP contribution >= 0.6 is 23.2 Å². The van der Waals surface area contributed by atoms with Crippen molar-refractivity contribution in [1.82, 2.24) is 9.59 Å². The number of sulfonamides is 1. The number of halogens is 2. The standard InChI is InChI=1S/C19H20Cl2N2O6S/c1-28-19(24)13-11-16(20)18(17(21)12-13)29-14-5-7-15(8-6-14)30(26,27)23(25)22-9-3-2-4-10-22/h5-8,11-12,25H,2-4,9-10H2,1H3. The number of hydrogen-bond acceptors (Lipinski definition) is 7. The number of benzene rings is 2. The first-order valence-corrected chi connectivity index (χ1v) is 11.3. The van der Waals surface area contributed by atoms with Crippen molar-refractivity contribution in [1.29, 1.82) is 0 Å². The van der Waals surface area contributed by atoms with Crippen molar-refractivity contribution in [2.75, 3.05) is 20.2 Å². The van der Waals surface area contributed by atoms with E-state index in [-0.39, 0.29) is 32.0 Å². The zero-order chi connectivity index (χ0) is 21.9. The van der Waals surface area contributed by atoms with Crippen LogP contribution in [0.15, 0.2) is 41.3 Å². The van der Waals surface area contributed by atoms with Gasteiger partial charge < -0.3 is 9.47 Å². The highest BCUT2D eigenvalue weighted by molar-refractivity contribution is 7.88. The molecule has 30 heavy (non-hydrogen) atoms. The van der Waals surface area contributed by atoms with E-state index in [0.717, 1.165) is 19.3 Å². The quantitative estimate of drug-likeness (QED) is 0.490. The predicted molar refractivity (Wildman–Crippen MR) is 111 cm³/mol. The second-order valence-electron chi connectivity index (χ2n) is 6.58. The third kappa shape index (κ3) is 4.88. The molecule has 0 saturated carbocycles. The molecule has 1 heterocycles. The van der Waals surface area contributed by atoms with Crippen LogP contribution < -0.4 is 4.74 Å². The number of nitrogens with zero attached hydrogens (tertiary/aromatic N) is 2. The molecule has 1 aliphatic heterocycles. The van der Waals surface area contributed by atoms with Crippen LogP contribution in [0.2, 0.25) is 10.0 Å². The van der Waals surface area contributed by atoms with E-state index in [1.807, 2.05) is 0 Å². The molecular weight excluding hydrogens is 455 g/mol. The number of esters is 1. The van der Waals surface area contributed by atoms with Crippen LogP contribution in [0.3, 0.4) is 0 Å². The molecule has 0 radical (unpaired) electrons. The van der Waals surface area contributed by atoms with E-state index in [1.54, 1.807) is 0 Å². The van der Waals surface area contributed by atoms with Crippen molar-refractivity contribution < 1.29 is 27.9 Å². The first-order valence-electron chi connectivity index (χ1n) is 9.08. The van der Waals surface area contributed by atoms with E-state index in [0.29, 0.717) is 17.7 Å². The fraction of sp³-hybridized carbons (Fsp3) is 0.316. The van der Waals surface area contributed by atoms with Gasteiger partial charge in [-0.25, -0.2) is 18.2 Å². The highest BCUT2D eigenvalue weighted by atomic mass is 35.5. The zero-order valence-electron chi connectivity index (χ0n) is 16.0. The highest BCUT2D eigenvalue weighted by Gasteiger charge is 2.29. The second-order valence-corrected chi connectivity index (χ2v) is 9.14. The molecule has 2 aromatic rings. The molecule has 2 aromatic carbocycles. The number of carbonyl (C=O) groups excluding carboxylic acids is 1. The maximum Gasteiger partial charge on any atom is 0.337 e. The summed E-state index contributed by atoms with van der Waals surface area (Å²) in [5, 5.41) is 11.8. The Labute approximate surface area is 184 Å². The Balaban J connectivity index is 1.78. The number of piperidine rings is 1. The molecule has 0 spiro atoms. The molecule has 0 unspecified atom stereocenters. The molecular formula is C19H20Cl2N2O6S. The van der Waals surface area contributed by atoms with Crippen LogP contribution in [0.1, 0.15) is 29.6 Å². The Kier molecular flexibility index (Phi) is 7.22. The summed E-state index contributed by atoms with van der Waals surface area (Å²) < 4.78 is 35.9. The summed E-state index contributed by atoms with van der Waals surface area (Å²) in [5.41, 5.74) is 0.169. The Morgan fingerprint density at radius 1 is 1.07 bits per heavy atom. The Morgan fingerprint density at radius 3 is 2.17 bits per heavy atom. The summed E-state index contributed by atoms with van der Waals surface area (Å²) in [4.78, 5) is 11.5. The number of hydrazine groups is 1. The number of methoxy groups -OCH3 is 1. The van der Waals surface area contributed by atoms with Gasteiger partial charge in [0.05, 0.1) is 27.6 Å². The second kappa shape index (κ2) is 9.51. The van der Waals surface area contributed by atoms with Gasteiger partial charge >= 0.3 is 5.97 Å². The van der Waals surface area contributed by atoms with Gasteiger partial charge in [0.15, 0.2) is 5.75 Å². The fourth-order valence-electron chi connectivity index (χ4n) is 2.99. The third-order valence-corrected chi connectivity index (χ3v) is 6.64. The lowest BCUT2D eigenvalue weighted by Crippen LogP contribution is -2.46. The molecule has 162 valence electrons. The van der Waals surface area contributed by atoms with Gasteiger partial charge in [-0.3, -0.25) is 5.21 Å².